The molecule has 1 rings (SSSR count). The molecule has 1 unspecified atom stereocenters. The van der Waals surface area contributed by atoms with Crippen molar-refractivity contribution in [1.82, 2.24) is 0 Å². The minimum absolute atomic E-state index is 0.149. The number of aryl methyl sites for hydroxylation is 1. The van der Waals surface area contributed by atoms with Gasteiger partial charge in [-0.2, -0.15) is 0 Å². The number of hydrogen-bond acceptors (Lipinski definition) is 3. The second kappa shape index (κ2) is 13.0. The zero-order chi connectivity index (χ0) is 17.6. The largest absolute Gasteiger partial charge is 0.456 e. The van der Waals surface area contributed by atoms with Crippen LogP contribution in [0.3, 0.4) is 0 Å². The van der Waals surface area contributed by atoms with E-state index < -0.39 is 0 Å². The molecule has 0 heterocycles. The predicted molar refractivity (Wildman–Crippen MR) is 99.5 cm³/mol. The third-order valence-electron chi connectivity index (χ3n) is 4.23. The summed E-state index contributed by atoms with van der Waals surface area (Å²) < 4.78 is 10.9. The third-order valence-corrected chi connectivity index (χ3v) is 4.23. The number of ether oxygens (including phenoxy) is 2. The van der Waals surface area contributed by atoms with Crippen molar-refractivity contribution in [2.75, 3.05) is 13.7 Å². The first kappa shape index (κ1) is 20.7. The summed E-state index contributed by atoms with van der Waals surface area (Å²) in [5, 5.41) is 0. The van der Waals surface area contributed by atoms with E-state index in [9.17, 15) is 4.79 Å². The van der Waals surface area contributed by atoms with Gasteiger partial charge in [-0.1, -0.05) is 64.5 Å². The zero-order valence-electron chi connectivity index (χ0n) is 15.7. The molecule has 0 radical (unpaired) electrons. The first-order valence-electron chi connectivity index (χ1n) is 9.50. The minimum Gasteiger partial charge on any atom is -0.456 e. The van der Waals surface area contributed by atoms with Gasteiger partial charge in [-0.15, -0.1) is 0 Å². The second-order valence-electron chi connectivity index (χ2n) is 6.49. The molecule has 0 bridgehead atoms. The SMILES string of the molecule is CCCCCCCCC(COC)OC(=O)c1ccc(CCC)cc1. The van der Waals surface area contributed by atoms with Crippen molar-refractivity contribution >= 4 is 5.97 Å². The lowest BCUT2D eigenvalue weighted by atomic mass is 10.1. The first-order chi connectivity index (χ1) is 11.7. The van der Waals surface area contributed by atoms with E-state index in [1.165, 1.54) is 37.7 Å². The lowest BCUT2D eigenvalue weighted by Gasteiger charge is -2.17. The summed E-state index contributed by atoms with van der Waals surface area (Å²) in [6.45, 7) is 4.84. The van der Waals surface area contributed by atoms with Crippen LogP contribution in [0, 0.1) is 0 Å². The van der Waals surface area contributed by atoms with Gasteiger partial charge < -0.3 is 9.47 Å². The molecule has 0 aliphatic rings. The monoisotopic (exact) mass is 334 g/mol. The van der Waals surface area contributed by atoms with Crippen LogP contribution in [0.4, 0.5) is 0 Å². The molecule has 1 aromatic rings. The topological polar surface area (TPSA) is 35.5 Å². The van der Waals surface area contributed by atoms with Crippen molar-refractivity contribution in [3.05, 3.63) is 35.4 Å². The normalized spacial score (nSPS) is 12.1. The molecule has 3 heteroatoms. The number of methoxy groups -OCH3 is 1. The van der Waals surface area contributed by atoms with Gasteiger partial charge in [0, 0.05) is 7.11 Å². The van der Waals surface area contributed by atoms with Crippen molar-refractivity contribution in [2.24, 2.45) is 0 Å². The van der Waals surface area contributed by atoms with Gasteiger partial charge in [0.15, 0.2) is 0 Å². The smallest absolute Gasteiger partial charge is 0.338 e. The number of carbonyl (C=O) groups excluding carboxylic acids is 1. The Bertz CT molecular complexity index is 439. The molecule has 0 N–H and O–H groups in total. The highest BCUT2D eigenvalue weighted by atomic mass is 16.6. The molecule has 0 spiro atoms. The van der Waals surface area contributed by atoms with E-state index in [0.717, 1.165) is 25.7 Å². The fraction of sp³-hybridized carbons (Fsp3) is 0.667. The van der Waals surface area contributed by atoms with Gasteiger partial charge in [0.05, 0.1) is 12.2 Å². The highest BCUT2D eigenvalue weighted by Crippen LogP contribution is 2.14. The van der Waals surface area contributed by atoms with Crippen LogP contribution in [0.25, 0.3) is 0 Å². The van der Waals surface area contributed by atoms with Gasteiger partial charge in [-0.25, -0.2) is 4.79 Å². The maximum absolute atomic E-state index is 12.3. The highest BCUT2D eigenvalue weighted by Gasteiger charge is 2.15. The molecular formula is C21H34O3. The van der Waals surface area contributed by atoms with E-state index >= 15 is 0 Å². The summed E-state index contributed by atoms with van der Waals surface area (Å²) in [4.78, 5) is 12.3. The van der Waals surface area contributed by atoms with E-state index in [4.69, 9.17) is 9.47 Å². The lowest BCUT2D eigenvalue weighted by molar-refractivity contribution is 0.00237. The third kappa shape index (κ3) is 8.49. The van der Waals surface area contributed by atoms with Crippen LogP contribution in [0.1, 0.15) is 81.1 Å². The van der Waals surface area contributed by atoms with Crippen molar-refractivity contribution < 1.29 is 14.3 Å². The molecule has 1 atom stereocenters. The number of esters is 1. The molecular weight excluding hydrogens is 300 g/mol. The van der Waals surface area contributed by atoms with Crippen LogP contribution in [0.15, 0.2) is 24.3 Å². The molecule has 136 valence electrons. The predicted octanol–water partition coefficient (Wildman–Crippen LogP) is 5.56. The molecule has 0 aromatic heterocycles. The average molecular weight is 335 g/mol. The molecule has 0 fully saturated rings. The molecule has 24 heavy (non-hydrogen) atoms. The summed E-state index contributed by atoms with van der Waals surface area (Å²) in [6, 6.07) is 7.75. The number of carbonyl (C=O) groups is 1. The number of unbranched alkanes of at least 4 members (excludes halogenated alkanes) is 5. The Morgan fingerprint density at radius 1 is 0.958 bits per heavy atom. The Morgan fingerprint density at radius 2 is 1.62 bits per heavy atom. The van der Waals surface area contributed by atoms with Crippen molar-refractivity contribution in [3.8, 4) is 0 Å². The van der Waals surface area contributed by atoms with Gasteiger partial charge in [0.2, 0.25) is 0 Å². The van der Waals surface area contributed by atoms with Crippen molar-refractivity contribution in [1.29, 1.82) is 0 Å². The summed E-state index contributed by atoms with van der Waals surface area (Å²) >= 11 is 0. The Balaban J connectivity index is 2.40. The van der Waals surface area contributed by atoms with Gasteiger partial charge in [0.25, 0.3) is 0 Å². The zero-order valence-corrected chi connectivity index (χ0v) is 15.7. The van der Waals surface area contributed by atoms with Crippen LogP contribution in [-0.2, 0) is 15.9 Å². The van der Waals surface area contributed by atoms with Gasteiger partial charge in [-0.05, 0) is 37.0 Å². The van der Waals surface area contributed by atoms with Crippen molar-refractivity contribution in [2.45, 2.75) is 77.7 Å². The Hall–Kier alpha value is -1.35. The average Bonchev–Trinajstić information content (AvgIpc) is 2.59. The van der Waals surface area contributed by atoms with E-state index in [1.807, 2.05) is 24.3 Å². The Labute approximate surface area is 147 Å². The molecule has 0 aliphatic carbocycles. The molecule has 0 saturated heterocycles. The summed E-state index contributed by atoms with van der Waals surface area (Å²) in [5.74, 6) is -0.244. The molecule has 0 amide bonds. The quantitative estimate of drug-likeness (QED) is 0.350. The molecule has 1 aromatic carbocycles. The fourth-order valence-corrected chi connectivity index (χ4v) is 2.83. The molecule has 0 saturated carbocycles. The van der Waals surface area contributed by atoms with Crippen molar-refractivity contribution in [3.63, 3.8) is 0 Å². The van der Waals surface area contributed by atoms with Crippen LogP contribution < -0.4 is 0 Å². The van der Waals surface area contributed by atoms with E-state index in [-0.39, 0.29) is 12.1 Å². The van der Waals surface area contributed by atoms with Crippen LogP contribution >= 0.6 is 0 Å². The highest BCUT2D eigenvalue weighted by molar-refractivity contribution is 5.89. The summed E-state index contributed by atoms with van der Waals surface area (Å²) in [6.07, 6.45) is 10.3. The Morgan fingerprint density at radius 3 is 2.25 bits per heavy atom. The lowest BCUT2D eigenvalue weighted by Crippen LogP contribution is -2.23. The van der Waals surface area contributed by atoms with Crippen LogP contribution in [0.5, 0.6) is 0 Å². The maximum atomic E-state index is 12.3. The molecule has 0 aliphatic heterocycles. The fourth-order valence-electron chi connectivity index (χ4n) is 2.83. The van der Waals surface area contributed by atoms with Gasteiger partial charge in [0.1, 0.15) is 6.10 Å². The van der Waals surface area contributed by atoms with Gasteiger partial charge in [-0.3, -0.25) is 0 Å². The van der Waals surface area contributed by atoms with E-state index in [1.54, 1.807) is 7.11 Å². The second-order valence-corrected chi connectivity index (χ2v) is 6.49. The summed E-state index contributed by atoms with van der Waals surface area (Å²) in [5.41, 5.74) is 1.88. The number of benzene rings is 1. The van der Waals surface area contributed by atoms with Crippen LogP contribution in [0.2, 0.25) is 0 Å². The summed E-state index contributed by atoms with van der Waals surface area (Å²) in [7, 11) is 1.65. The minimum atomic E-state index is -0.244. The number of hydrogen-bond donors (Lipinski definition) is 0. The maximum Gasteiger partial charge on any atom is 0.338 e. The van der Waals surface area contributed by atoms with Crippen LogP contribution in [-0.4, -0.2) is 25.8 Å². The van der Waals surface area contributed by atoms with Gasteiger partial charge >= 0.3 is 5.97 Å². The first-order valence-corrected chi connectivity index (χ1v) is 9.50. The number of rotatable bonds is 13. The Kier molecular flexibility index (Phi) is 11.2. The van der Waals surface area contributed by atoms with E-state index in [0.29, 0.717) is 12.2 Å². The van der Waals surface area contributed by atoms with E-state index in [2.05, 4.69) is 13.8 Å². The molecule has 3 nitrogen and oxygen atoms in total. The standard InChI is InChI=1S/C21H34O3/c1-4-6-7-8-9-10-12-20(17-23-3)24-21(22)19-15-13-18(11-5-2)14-16-19/h13-16,20H,4-12,17H2,1-3H3.